The lowest BCUT2D eigenvalue weighted by molar-refractivity contribution is 0.0938. The molecule has 1 aromatic rings. The number of nitrogens with one attached hydrogen (secondary N) is 2. The molecule has 1 aromatic heterocycles. The van der Waals surface area contributed by atoms with Crippen molar-refractivity contribution >= 4 is 5.91 Å². The van der Waals surface area contributed by atoms with Crippen LogP contribution in [0.1, 0.15) is 30.6 Å². The van der Waals surface area contributed by atoms with Gasteiger partial charge in [-0.2, -0.15) is 0 Å². The number of amides is 1. The number of hydrogen-bond acceptors (Lipinski definition) is 3. The van der Waals surface area contributed by atoms with Gasteiger partial charge in [0.1, 0.15) is 0 Å². The van der Waals surface area contributed by atoms with Crippen LogP contribution in [0.15, 0.2) is 23.1 Å². The lowest BCUT2D eigenvalue weighted by Crippen LogP contribution is -2.41. The third-order valence-electron chi connectivity index (χ3n) is 3.01. The molecule has 1 unspecified atom stereocenters. The maximum atomic E-state index is 11.9. The Morgan fingerprint density at radius 3 is 2.63 bits per heavy atom. The van der Waals surface area contributed by atoms with Gasteiger partial charge in [-0.25, -0.2) is 0 Å². The molecule has 0 saturated heterocycles. The standard InChI is InChI=1S/C14H23N3O2/c1-10(2)7-12(17(3)4)9-16-14(19)11-5-6-15-13(18)8-11/h5-6,8,10,12H,7,9H2,1-4H3,(H,15,18)(H,16,19). The van der Waals surface area contributed by atoms with Crippen molar-refractivity contribution in [2.75, 3.05) is 20.6 Å². The molecular weight excluding hydrogens is 242 g/mol. The highest BCUT2D eigenvalue weighted by atomic mass is 16.2. The molecule has 0 aromatic carbocycles. The van der Waals surface area contributed by atoms with Crippen LogP contribution in [0.5, 0.6) is 0 Å². The highest BCUT2D eigenvalue weighted by Gasteiger charge is 2.15. The Kier molecular flexibility index (Phi) is 5.76. The van der Waals surface area contributed by atoms with Gasteiger partial charge >= 0.3 is 0 Å². The van der Waals surface area contributed by atoms with Gasteiger partial charge < -0.3 is 15.2 Å². The first-order valence-electron chi connectivity index (χ1n) is 6.53. The lowest BCUT2D eigenvalue weighted by Gasteiger charge is -2.26. The van der Waals surface area contributed by atoms with Gasteiger partial charge in [-0.05, 0) is 32.5 Å². The fourth-order valence-electron chi connectivity index (χ4n) is 1.92. The van der Waals surface area contributed by atoms with E-state index in [4.69, 9.17) is 0 Å². The zero-order valence-corrected chi connectivity index (χ0v) is 12.1. The summed E-state index contributed by atoms with van der Waals surface area (Å²) in [5.41, 5.74) is 0.129. The maximum Gasteiger partial charge on any atom is 0.251 e. The van der Waals surface area contributed by atoms with Crippen LogP contribution < -0.4 is 10.9 Å². The van der Waals surface area contributed by atoms with Crippen LogP contribution in [-0.4, -0.2) is 42.5 Å². The zero-order valence-electron chi connectivity index (χ0n) is 12.1. The van der Waals surface area contributed by atoms with Crippen LogP contribution >= 0.6 is 0 Å². The Balaban J connectivity index is 2.59. The van der Waals surface area contributed by atoms with Gasteiger partial charge in [0.05, 0.1) is 0 Å². The van der Waals surface area contributed by atoms with Crippen LogP contribution in [0.4, 0.5) is 0 Å². The van der Waals surface area contributed by atoms with Crippen LogP contribution in [-0.2, 0) is 0 Å². The van der Waals surface area contributed by atoms with Crippen molar-refractivity contribution in [1.82, 2.24) is 15.2 Å². The van der Waals surface area contributed by atoms with Crippen molar-refractivity contribution < 1.29 is 4.79 Å². The zero-order chi connectivity index (χ0) is 14.4. The molecule has 0 bridgehead atoms. The number of nitrogens with zero attached hydrogens (tertiary/aromatic N) is 1. The quantitative estimate of drug-likeness (QED) is 0.809. The molecular formula is C14H23N3O2. The Labute approximate surface area is 114 Å². The minimum Gasteiger partial charge on any atom is -0.350 e. The fraction of sp³-hybridized carbons (Fsp3) is 0.571. The molecule has 0 spiro atoms. The van der Waals surface area contributed by atoms with Gasteiger partial charge in [0.2, 0.25) is 5.56 Å². The molecule has 0 aliphatic heterocycles. The second-order valence-corrected chi connectivity index (χ2v) is 5.40. The second kappa shape index (κ2) is 7.09. The van der Waals surface area contributed by atoms with Gasteiger partial charge in [0.15, 0.2) is 0 Å². The van der Waals surface area contributed by atoms with Gasteiger partial charge in [0.25, 0.3) is 5.91 Å². The largest absolute Gasteiger partial charge is 0.350 e. The Morgan fingerprint density at radius 2 is 2.11 bits per heavy atom. The first-order chi connectivity index (χ1) is 8.90. The molecule has 5 heteroatoms. The highest BCUT2D eigenvalue weighted by molar-refractivity contribution is 5.93. The van der Waals surface area contributed by atoms with E-state index < -0.39 is 0 Å². The number of carbonyl (C=O) groups excluding carboxylic acids is 1. The predicted molar refractivity (Wildman–Crippen MR) is 76.3 cm³/mol. The molecule has 0 radical (unpaired) electrons. The highest BCUT2D eigenvalue weighted by Crippen LogP contribution is 2.08. The van der Waals surface area contributed by atoms with Crippen molar-refractivity contribution in [3.05, 3.63) is 34.2 Å². The first kappa shape index (κ1) is 15.4. The van der Waals surface area contributed by atoms with E-state index in [0.29, 0.717) is 24.1 Å². The summed E-state index contributed by atoms with van der Waals surface area (Å²) in [4.78, 5) is 27.7. The number of carbonyl (C=O) groups is 1. The minimum absolute atomic E-state index is 0.207. The summed E-state index contributed by atoms with van der Waals surface area (Å²) in [6.45, 7) is 4.90. The van der Waals surface area contributed by atoms with Gasteiger partial charge in [-0.1, -0.05) is 13.8 Å². The van der Waals surface area contributed by atoms with Crippen LogP contribution in [0, 0.1) is 5.92 Å². The molecule has 1 atom stereocenters. The Hall–Kier alpha value is -1.62. The van der Waals surface area contributed by atoms with E-state index in [1.807, 2.05) is 14.1 Å². The molecule has 1 rings (SSSR count). The van der Waals surface area contributed by atoms with E-state index in [0.717, 1.165) is 6.42 Å². The lowest BCUT2D eigenvalue weighted by atomic mass is 10.0. The molecule has 106 valence electrons. The van der Waals surface area contributed by atoms with Crippen LogP contribution in [0.25, 0.3) is 0 Å². The van der Waals surface area contributed by atoms with Gasteiger partial charge in [-0.3, -0.25) is 9.59 Å². The maximum absolute atomic E-state index is 11.9. The van der Waals surface area contributed by atoms with Gasteiger partial charge in [-0.15, -0.1) is 0 Å². The Morgan fingerprint density at radius 1 is 1.42 bits per heavy atom. The average molecular weight is 265 g/mol. The number of H-pyrrole nitrogens is 1. The van der Waals surface area contributed by atoms with E-state index in [1.54, 1.807) is 6.07 Å². The Bertz CT molecular complexity index is 466. The molecule has 1 amide bonds. The second-order valence-electron chi connectivity index (χ2n) is 5.40. The van der Waals surface area contributed by atoms with E-state index in [-0.39, 0.29) is 11.5 Å². The number of aromatic nitrogens is 1. The number of hydrogen-bond donors (Lipinski definition) is 2. The summed E-state index contributed by atoms with van der Waals surface area (Å²) in [6.07, 6.45) is 2.50. The molecule has 0 fully saturated rings. The number of pyridine rings is 1. The van der Waals surface area contributed by atoms with Crippen molar-refractivity contribution in [3.63, 3.8) is 0 Å². The normalized spacial score (nSPS) is 12.7. The van der Waals surface area contributed by atoms with E-state index in [1.165, 1.54) is 12.3 Å². The fourth-order valence-corrected chi connectivity index (χ4v) is 1.92. The topological polar surface area (TPSA) is 65.2 Å². The van der Waals surface area contributed by atoms with E-state index in [9.17, 15) is 9.59 Å². The van der Waals surface area contributed by atoms with Crippen LogP contribution in [0.3, 0.4) is 0 Å². The van der Waals surface area contributed by atoms with E-state index in [2.05, 4.69) is 29.0 Å². The first-order valence-corrected chi connectivity index (χ1v) is 6.53. The van der Waals surface area contributed by atoms with Crippen LogP contribution in [0.2, 0.25) is 0 Å². The average Bonchev–Trinajstić information content (AvgIpc) is 2.33. The molecule has 19 heavy (non-hydrogen) atoms. The minimum atomic E-state index is -0.265. The summed E-state index contributed by atoms with van der Waals surface area (Å²) in [5.74, 6) is 0.366. The number of rotatable bonds is 6. The molecule has 0 saturated carbocycles. The third kappa shape index (κ3) is 5.26. The predicted octanol–water partition coefficient (Wildman–Crippen LogP) is 1.08. The van der Waals surface area contributed by atoms with Gasteiger partial charge in [0, 0.05) is 30.4 Å². The summed E-state index contributed by atoms with van der Waals surface area (Å²) >= 11 is 0. The number of likely N-dealkylation sites (N-methyl/N-ethyl adjacent to an activating group) is 1. The van der Waals surface area contributed by atoms with Crippen molar-refractivity contribution in [2.45, 2.75) is 26.3 Å². The summed E-state index contributed by atoms with van der Waals surface area (Å²) in [6, 6.07) is 3.21. The number of aromatic amines is 1. The monoisotopic (exact) mass is 265 g/mol. The summed E-state index contributed by atoms with van der Waals surface area (Å²) in [7, 11) is 4.01. The van der Waals surface area contributed by atoms with Crippen molar-refractivity contribution in [1.29, 1.82) is 0 Å². The molecule has 2 N–H and O–H groups in total. The summed E-state index contributed by atoms with van der Waals surface area (Å²) in [5, 5.41) is 2.88. The summed E-state index contributed by atoms with van der Waals surface area (Å²) < 4.78 is 0. The molecule has 5 nitrogen and oxygen atoms in total. The third-order valence-corrected chi connectivity index (χ3v) is 3.01. The smallest absolute Gasteiger partial charge is 0.251 e. The van der Waals surface area contributed by atoms with Crippen molar-refractivity contribution in [2.24, 2.45) is 5.92 Å². The molecule has 0 aliphatic carbocycles. The molecule has 0 aliphatic rings. The molecule has 1 heterocycles. The van der Waals surface area contributed by atoms with E-state index >= 15 is 0 Å². The van der Waals surface area contributed by atoms with Crippen molar-refractivity contribution in [3.8, 4) is 0 Å². The SMILES string of the molecule is CC(C)CC(CNC(=O)c1cc[nH]c(=O)c1)N(C)C.